The first-order valence-corrected chi connectivity index (χ1v) is 9.14. The molecular formula is C19H39N. The molecule has 0 heterocycles. The molecule has 1 heteroatoms. The van der Waals surface area contributed by atoms with E-state index in [1.165, 1.54) is 70.9 Å². The smallest absolute Gasteiger partial charge is 0.000781 e. The number of rotatable bonds is 8. The van der Waals surface area contributed by atoms with Crippen LogP contribution in [-0.2, 0) is 0 Å². The van der Waals surface area contributed by atoms with E-state index in [4.69, 9.17) is 0 Å². The molecular weight excluding hydrogens is 242 g/mol. The van der Waals surface area contributed by atoms with Crippen LogP contribution in [0.4, 0.5) is 0 Å². The summed E-state index contributed by atoms with van der Waals surface area (Å²) in [4.78, 5) is 0. The summed E-state index contributed by atoms with van der Waals surface area (Å²) >= 11 is 0. The molecule has 0 aromatic rings. The lowest BCUT2D eigenvalue weighted by molar-refractivity contribution is 0.0777. The van der Waals surface area contributed by atoms with Crippen LogP contribution in [-0.4, -0.2) is 13.1 Å². The number of nitrogens with one attached hydrogen (secondary N) is 1. The first kappa shape index (κ1) is 18.0. The van der Waals surface area contributed by atoms with E-state index >= 15 is 0 Å². The zero-order valence-electron chi connectivity index (χ0n) is 14.9. The van der Waals surface area contributed by atoms with Gasteiger partial charge in [-0.25, -0.2) is 0 Å². The predicted octanol–water partition coefficient (Wildman–Crippen LogP) is 5.79. The maximum Gasteiger partial charge on any atom is 0.000781 e. The van der Waals surface area contributed by atoms with E-state index in [0.717, 1.165) is 5.92 Å². The van der Waals surface area contributed by atoms with Crippen molar-refractivity contribution in [3.05, 3.63) is 0 Å². The molecule has 0 aromatic heterocycles. The van der Waals surface area contributed by atoms with E-state index in [9.17, 15) is 0 Å². The van der Waals surface area contributed by atoms with Crippen LogP contribution in [0.25, 0.3) is 0 Å². The molecule has 120 valence electrons. The van der Waals surface area contributed by atoms with Crippen LogP contribution in [0.15, 0.2) is 0 Å². The average molecular weight is 282 g/mol. The lowest BCUT2D eigenvalue weighted by Crippen LogP contribution is -2.40. The van der Waals surface area contributed by atoms with Crippen LogP contribution in [0.1, 0.15) is 92.4 Å². The normalized spacial score (nSPS) is 27.8. The second-order valence-corrected chi connectivity index (χ2v) is 8.27. The second kappa shape index (κ2) is 8.41. The largest absolute Gasteiger partial charge is 0.316 e. The Morgan fingerprint density at radius 1 is 1.00 bits per heavy atom. The maximum atomic E-state index is 3.73. The zero-order valence-corrected chi connectivity index (χ0v) is 14.9. The van der Waals surface area contributed by atoms with Crippen molar-refractivity contribution in [2.45, 2.75) is 92.4 Å². The molecule has 1 nitrogen and oxygen atoms in total. The fourth-order valence-electron chi connectivity index (χ4n) is 3.89. The van der Waals surface area contributed by atoms with Gasteiger partial charge < -0.3 is 5.32 Å². The molecule has 0 bridgehead atoms. The molecule has 0 unspecified atom stereocenters. The highest BCUT2D eigenvalue weighted by molar-refractivity contribution is 4.90. The minimum atomic E-state index is 0.506. The van der Waals surface area contributed by atoms with Gasteiger partial charge in [-0.3, -0.25) is 0 Å². The summed E-state index contributed by atoms with van der Waals surface area (Å²) in [5.74, 6) is 0.938. The third kappa shape index (κ3) is 5.76. The van der Waals surface area contributed by atoms with Crippen LogP contribution in [0.2, 0.25) is 0 Å². The van der Waals surface area contributed by atoms with Crippen molar-refractivity contribution in [3.63, 3.8) is 0 Å². The molecule has 0 amide bonds. The van der Waals surface area contributed by atoms with Crippen molar-refractivity contribution < 1.29 is 0 Å². The number of unbranched alkanes of at least 4 members (excludes halogenated alkanes) is 2. The molecule has 20 heavy (non-hydrogen) atoms. The molecule has 1 N–H and O–H groups in total. The third-order valence-corrected chi connectivity index (χ3v) is 5.51. The van der Waals surface area contributed by atoms with Crippen molar-refractivity contribution in [1.29, 1.82) is 0 Å². The van der Waals surface area contributed by atoms with Crippen LogP contribution in [0, 0.1) is 16.7 Å². The Bertz CT molecular complexity index is 231. The maximum absolute atomic E-state index is 3.73. The quantitative estimate of drug-likeness (QED) is 0.555. The van der Waals surface area contributed by atoms with Gasteiger partial charge in [-0.15, -0.1) is 0 Å². The zero-order chi connectivity index (χ0) is 15.1. The second-order valence-electron chi connectivity index (χ2n) is 8.27. The highest BCUT2D eigenvalue weighted by Gasteiger charge is 2.37. The lowest BCUT2D eigenvalue weighted by atomic mass is 9.62. The summed E-state index contributed by atoms with van der Waals surface area (Å²) in [6.07, 6.45) is 12.7. The SMILES string of the molecule is CCCCCC1(CNCCC)CCC(C(C)(C)C)CC1. The first-order chi connectivity index (χ1) is 9.43. The molecule has 1 saturated carbocycles. The van der Waals surface area contributed by atoms with E-state index in [-0.39, 0.29) is 0 Å². The van der Waals surface area contributed by atoms with Gasteiger partial charge in [-0.2, -0.15) is 0 Å². The fourth-order valence-corrected chi connectivity index (χ4v) is 3.89. The van der Waals surface area contributed by atoms with Crippen LogP contribution < -0.4 is 5.32 Å². The van der Waals surface area contributed by atoms with Gasteiger partial charge in [0.25, 0.3) is 0 Å². The van der Waals surface area contributed by atoms with E-state index < -0.39 is 0 Å². The fraction of sp³-hybridized carbons (Fsp3) is 1.00. The van der Waals surface area contributed by atoms with Crippen LogP contribution in [0.5, 0.6) is 0 Å². The molecule has 1 fully saturated rings. The Hall–Kier alpha value is -0.0400. The molecule has 0 radical (unpaired) electrons. The van der Waals surface area contributed by atoms with Crippen molar-refractivity contribution in [1.82, 2.24) is 5.32 Å². The minimum Gasteiger partial charge on any atom is -0.316 e. The summed E-state index contributed by atoms with van der Waals surface area (Å²) in [6, 6.07) is 0. The monoisotopic (exact) mass is 281 g/mol. The molecule has 0 aliphatic heterocycles. The van der Waals surface area contributed by atoms with Crippen molar-refractivity contribution in [2.24, 2.45) is 16.7 Å². The highest BCUT2D eigenvalue weighted by atomic mass is 14.9. The van der Waals surface area contributed by atoms with Gasteiger partial charge in [-0.05, 0) is 61.8 Å². The molecule has 0 aromatic carbocycles. The predicted molar refractivity (Wildman–Crippen MR) is 91.1 cm³/mol. The molecule has 1 rings (SSSR count). The summed E-state index contributed by atoms with van der Waals surface area (Å²) in [7, 11) is 0. The van der Waals surface area contributed by atoms with Crippen molar-refractivity contribution in [2.75, 3.05) is 13.1 Å². The Morgan fingerprint density at radius 2 is 1.65 bits per heavy atom. The Kier molecular flexibility index (Phi) is 7.58. The first-order valence-electron chi connectivity index (χ1n) is 9.14. The van der Waals surface area contributed by atoms with Gasteiger partial charge in [-0.1, -0.05) is 53.9 Å². The highest BCUT2D eigenvalue weighted by Crippen LogP contribution is 2.47. The van der Waals surface area contributed by atoms with Gasteiger partial charge in [0, 0.05) is 6.54 Å². The van der Waals surface area contributed by atoms with E-state index in [1.807, 2.05) is 0 Å². The van der Waals surface area contributed by atoms with Gasteiger partial charge in [0.1, 0.15) is 0 Å². The van der Waals surface area contributed by atoms with Crippen LogP contribution in [0.3, 0.4) is 0 Å². The Morgan fingerprint density at radius 3 is 2.15 bits per heavy atom. The number of hydrogen-bond donors (Lipinski definition) is 1. The lowest BCUT2D eigenvalue weighted by Gasteiger charge is -2.44. The third-order valence-electron chi connectivity index (χ3n) is 5.51. The van der Waals surface area contributed by atoms with Gasteiger partial charge in [0.2, 0.25) is 0 Å². The minimum absolute atomic E-state index is 0.506. The average Bonchev–Trinajstić information content (AvgIpc) is 2.39. The van der Waals surface area contributed by atoms with E-state index in [0.29, 0.717) is 10.8 Å². The molecule has 1 aliphatic rings. The molecule has 1 aliphatic carbocycles. The van der Waals surface area contributed by atoms with Gasteiger partial charge in [0.05, 0.1) is 0 Å². The Labute approximate surface area is 128 Å². The van der Waals surface area contributed by atoms with E-state index in [1.54, 1.807) is 0 Å². The van der Waals surface area contributed by atoms with Crippen LogP contribution >= 0.6 is 0 Å². The number of hydrogen-bond acceptors (Lipinski definition) is 1. The van der Waals surface area contributed by atoms with E-state index in [2.05, 4.69) is 39.9 Å². The Balaban J connectivity index is 2.52. The standard InChI is InChI=1S/C19H39N/c1-6-8-9-12-19(16-20-15-7-2)13-10-17(11-14-19)18(3,4)5/h17,20H,6-16H2,1-5H3. The molecule has 0 spiro atoms. The van der Waals surface area contributed by atoms with Crippen molar-refractivity contribution in [3.8, 4) is 0 Å². The summed E-state index contributed by atoms with van der Waals surface area (Å²) in [6.45, 7) is 14.3. The van der Waals surface area contributed by atoms with Gasteiger partial charge in [0.15, 0.2) is 0 Å². The topological polar surface area (TPSA) is 12.0 Å². The van der Waals surface area contributed by atoms with Gasteiger partial charge >= 0.3 is 0 Å². The summed E-state index contributed by atoms with van der Waals surface area (Å²) < 4.78 is 0. The van der Waals surface area contributed by atoms with Crippen molar-refractivity contribution >= 4 is 0 Å². The summed E-state index contributed by atoms with van der Waals surface area (Å²) in [5, 5.41) is 3.73. The molecule has 0 atom stereocenters. The summed E-state index contributed by atoms with van der Waals surface area (Å²) in [5.41, 5.74) is 1.12. The molecule has 0 saturated heterocycles.